The van der Waals surface area contributed by atoms with E-state index in [0.29, 0.717) is 5.75 Å². The van der Waals surface area contributed by atoms with E-state index in [0.717, 1.165) is 19.5 Å². The Morgan fingerprint density at radius 1 is 1.58 bits per heavy atom. The van der Waals surface area contributed by atoms with Crippen LogP contribution in [0.4, 0.5) is 5.69 Å². The quantitative estimate of drug-likeness (QED) is 0.595. The molecule has 1 heterocycles. The average Bonchev–Trinajstić information content (AvgIpc) is 2.89. The van der Waals surface area contributed by atoms with Gasteiger partial charge in [0.05, 0.1) is 11.0 Å². The Hall–Kier alpha value is -2.15. The van der Waals surface area contributed by atoms with Gasteiger partial charge in [-0.15, -0.1) is 0 Å². The predicted octanol–water partition coefficient (Wildman–Crippen LogP) is 0.452. The van der Waals surface area contributed by atoms with Gasteiger partial charge in [-0.05, 0) is 19.0 Å². The summed E-state index contributed by atoms with van der Waals surface area (Å²) in [7, 11) is 0. The number of carbonyl (C=O) groups is 1. The van der Waals surface area contributed by atoms with Gasteiger partial charge in [-0.3, -0.25) is 14.9 Å². The molecule has 0 saturated carbocycles. The van der Waals surface area contributed by atoms with Crippen molar-refractivity contribution in [3.8, 4) is 5.75 Å². The highest BCUT2D eigenvalue weighted by atomic mass is 16.6. The number of non-ortho nitro benzene ring substituents is 1. The normalized spacial score (nSPS) is 18.0. The Labute approximate surface area is 110 Å². The first-order valence-electron chi connectivity index (χ1n) is 6.02. The molecule has 0 radical (unpaired) electrons. The van der Waals surface area contributed by atoms with Crippen LogP contribution in [0.2, 0.25) is 0 Å². The number of nitro groups is 1. The molecule has 102 valence electrons. The molecule has 1 aromatic carbocycles. The van der Waals surface area contributed by atoms with Gasteiger partial charge in [-0.1, -0.05) is 6.07 Å². The van der Waals surface area contributed by atoms with Crippen molar-refractivity contribution in [1.29, 1.82) is 0 Å². The van der Waals surface area contributed by atoms with E-state index >= 15 is 0 Å². The molecule has 1 aliphatic heterocycles. The van der Waals surface area contributed by atoms with Crippen molar-refractivity contribution >= 4 is 11.6 Å². The van der Waals surface area contributed by atoms with Crippen LogP contribution in [0.15, 0.2) is 24.3 Å². The minimum Gasteiger partial charge on any atom is -0.484 e. The lowest BCUT2D eigenvalue weighted by atomic mass is 10.2. The third-order valence-corrected chi connectivity index (χ3v) is 2.82. The molecular weight excluding hydrogens is 250 g/mol. The molecule has 0 spiro atoms. The first kappa shape index (κ1) is 13.3. The van der Waals surface area contributed by atoms with E-state index in [-0.39, 0.29) is 24.2 Å². The molecule has 1 saturated heterocycles. The molecule has 1 atom stereocenters. The van der Waals surface area contributed by atoms with Crippen LogP contribution < -0.4 is 15.4 Å². The van der Waals surface area contributed by atoms with Gasteiger partial charge in [-0.25, -0.2) is 0 Å². The van der Waals surface area contributed by atoms with Crippen LogP contribution in [0.5, 0.6) is 5.75 Å². The Balaban J connectivity index is 1.82. The van der Waals surface area contributed by atoms with Crippen LogP contribution in [0.1, 0.15) is 6.42 Å². The van der Waals surface area contributed by atoms with Crippen LogP contribution in [0.25, 0.3) is 0 Å². The van der Waals surface area contributed by atoms with Crippen LogP contribution in [0.3, 0.4) is 0 Å². The highest BCUT2D eigenvalue weighted by molar-refractivity contribution is 5.77. The molecule has 1 aromatic rings. The SMILES string of the molecule is O=C(COc1cccc([N+](=O)[O-])c1)NC1CCNC1. The Kier molecular flexibility index (Phi) is 4.30. The van der Waals surface area contributed by atoms with Crippen molar-refractivity contribution in [1.82, 2.24) is 10.6 Å². The fraction of sp³-hybridized carbons (Fsp3) is 0.417. The third kappa shape index (κ3) is 3.92. The van der Waals surface area contributed by atoms with E-state index in [9.17, 15) is 14.9 Å². The number of nitrogens with zero attached hydrogens (tertiary/aromatic N) is 1. The van der Waals surface area contributed by atoms with Crippen LogP contribution >= 0.6 is 0 Å². The maximum Gasteiger partial charge on any atom is 0.273 e. The number of carbonyl (C=O) groups excluding carboxylic acids is 1. The molecule has 0 aliphatic carbocycles. The lowest BCUT2D eigenvalue weighted by Crippen LogP contribution is -2.39. The number of hydrogen-bond donors (Lipinski definition) is 2. The minimum atomic E-state index is -0.503. The average molecular weight is 265 g/mol. The lowest BCUT2D eigenvalue weighted by molar-refractivity contribution is -0.384. The molecule has 19 heavy (non-hydrogen) atoms. The summed E-state index contributed by atoms with van der Waals surface area (Å²) < 4.78 is 5.23. The van der Waals surface area contributed by atoms with E-state index in [1.807, 2.05) is 0 Å². The van der Waals surface area contributed by atoms with Gasteiger partial charge in [0, 0.05) is 18.7 Å². The second-order valence-corrected chi connectivity index (χ2v) is 4.30. The molecule has 7 heteroatoms. The van der Waals surface area contributed by atoms with Gasteiger partial charge >= 0.3 is 0 Å². The smallest absolute Gasteiger partial charge is 0.273 e. The van der Waals surface area contributed by atoms with E-state index in [4.69, 9.17) is 4.74 Å². The molecular formula is C12H15N3O4. The van der Waals surface area contributed by atoms with Crippen molar-refractivity contribution in [3.05, 3.63) is 34.4 Å². The maximum atomic E-state index is 11.6. The largest absolute Gasteiger partial charge is 0.484 e. The van der Waals surface area contributed by atoms with Crippen LogP contribution in [-0.4, -0.2) is 36.6 Å². The molecule has 7 nitrogen and oxygen atoms in total. The van der Waals surface area contributed by atoms with Crippen molar-refractivity contribution in [3.63, 3.8) is 0 Å². The van der Waals surface area contributed by atoms with Gasteiger partial charge < -0.3 is 15.4 Å². The number of rotatable bonds is 5. The van der Waals surface area contributed by atoms with Gasteiger partial charge in [0.2, 0.25) is 0 Å². The zero-order valence-electron chi connectivity index (χ0n) is 10.3. The summed E-state index contributed by atoms with van der Waals surface area (Å²) in [4.78, 5) is 21.7. The monoisotopic (exact) mass is 265 g/mol. The molecule has 2 rings (SSSR count). The standard InChI is InChI=1S/C12H15N3O4/c16-12(14-9-4-5-13-7-9)8-19-11-3-1-2-10(6-11)15(17)18/h1-3,6,9,13H,4-5,7-8H2,(H,14,16). The number of nitro benzene ring substituents is 1. The second-order valence-electron chi connectivity index (χ2n) is 4.30. The maximum absolute atomic E-state index is 11.6. The van der Waals surface area contributed by atoms with Gasteiger partial charge in [0.15, 0.2) is 6.61 Å². The summed E-state index contributed by atoms with van der Waals surface area (Å²) in [6, 6.07) is 5.91. The molecule has 1 fully saturated rings. The number of nitrogens with one attached hydrogen (secondary N) is 2. The number of benzene rings is 1. The predicted molar refractivity (Wildman–Crippen MR) is 68.0 cm³/mol. The lowest BCUT2D eigenvalue weighted by Gasteiger charge is -2.11. The van der Waals surface area contributed by atoms with E-state index in [1.54, 1.807) is 6.07 Å². The zero-order chi connectivity index (χ0) is 13.7. The van der Waals surface area contributed by atoms with Gasteiger partial charge in [0.1, 0.15) is 5.75 Å². The van der Waals surface area contributed by atoms with Crippen molar-refractivity contribution < 1.29 is 14.5 Å². The molecule has 0 aromatic heterocycles. The molecule has 0 bridgehead atoms. The first-order chi connectivity index (χ1) is 9.15. The summed E-state index contributed by atoms with van der Waals surface area (Å²) in [6.45, 7) is 1.52. The zero-order valence-corrected chi connectivity index (χ0v) is 10.3. The minimum absolute atomic E-state index is 0.0575. The third-order valence-electron chi connectivity index (χ3n) is 2.82. The highest BCUT2D eigenvalue weighted by Gasteiger charge is 2.16. The number of amides is 1. The summed E-state index contributed by atoms with van der Waals surface area (Å²) in [5.74, 6) is 0.0918. The van der Waals surface area contributed by atoms with E-state index < -0.39 is 4.92 Å². The summed E-state index contributed by atoms with van der Waals surface area (Å²) >= 11 is 0. The summed E-state index contributed by atoms with van der Waals surface area (Å²) in [5, 5.41) is 16.6. The van der Waals surface area contributed by atoms with Gasteiger partial charge in [-0.2, -0.15) is 0 Å². The second kappa shape index (κ2) is 6.14. The van der Waals surface area contributed by atoms with E-state index in [2.05, 4.69) is 10.6 Å². The van der Waals surface area contributed by atoms with Crippen molar-refractivity contribution in [2.24, 2.45) is 0 Å². The molecule has 2 N–H and O–H groups in total. The molecule has 1 aliphatic rings. The topological polar surface area (TPSA) is 93.5 Å². The fourth-order valence-corrected chi connectivity index (χ4v) is 1.88. The molecule has 1 amide bonds. The van der Waals surface area contributed by atoms with Crippen LogP contribution in [-0.2, 0) is 4.79 Å². The van der Waals surface area contributed by atoms with Crippen LogP contribution in [0, 0.1) is 10.1 Å². The Morgan fingerprint density at radius 2 is 2.42 bits per heavy atom. The first-order valence-corrected chi connectivity index (χ1v) is 6.02. The Bertz CT molecular complexity index is 472. The van der Waals surface area contributed by atoms with Gasteiger partial charge in [0.25, 0.3) is 11.6 Å². The summed E-state index contributed by atoms with van der Waals surface area (Å²) in [6.07, 6.45) is 0.905. The number of ether oxygens (including phenoxy) is 1. The van der Waals surface area contributed by atoms with Crippen molar-refractivity contribution in [2.45, 2.75) is 12.5 Å². The van der Waals surface area contributed by atoms with E-state index in [1.165, 1.54) is 18.2 Å². The summed E-state index contributed by atoms with van der Waals surface area (Å²) in [5.41, 5.74) is -0.0575. The highest BCUT2D eigenvalue weighted by Crippen LogP contribution is 2.18. The number of hydrogen-bond acceptors (Lipinski definition) is 5. The van der Waals surface area contributed by atoms with Crippen molar-refractivity contribution in [2.75, 3.05) is 19.7 Å². The molecule has 1 unspecified atom stereocenters. The Morgan fingerprint density at radius 3 is 3.11 bits per heavy atom. The fourth-order valence-electron chi connectivity index (χ4n) is 1.88.